The Hall–Kier alpha value is -1.26. The summed E-state index contributed by atoms with van der Waals surface area (Å²) in [6, 6.07) is 0. The van der Waals surface area contributed by atoms with Crippen LogP contribution in [0.4, 0.5) is 0 Å². The standard InChI is InChI=1S/C12H23N3O2/c1-4-9(2)8-15(3)11(16)12(6-5-7-12)10(13)14-17/h9,17H,4-8H2,1-3H3,(H2,13,14). The summed E-state index contributed by atoms with van der Waals surface area (Å²) in [4.78, 5) is 14.1. The molecular formula is C12H23N3O2. The normalized spacial score (nSPS) is 20.5. The fourth-order valence-corrected chi connectivity index (χ4v) is 2.25. The Morgan fingerprint density at radius 2 is 2.18 bits per heavy atom. The van der Waals surface area contributed by atoms with E-state index in [1.165, 1.54) is 0 Å². The van der Waals surface area contributed by atoms with Gasteiger partial charge in [0.25, 0.3) is 0 Å². The van der Waals surface area contributed by atoms with Crippen LogP contribution in [0, 0.1) is 11.3 Å². The van der Waals surface area contributed by atoms with Crippen LogP contribution in [0.15, 0.2) is 5.16 Å². The molecule has 0 aromatic heterocycles. The first-order valence-electron chi connectivity index (χ1n) is 6.21. The van der Waals surface area contributed by atoms with E-state index in [9.17, 15) is 4.79 Å². The molecule has 0 aromatic carbocycles. The maximum atomic E-state index is 12.4. The average molecular weight is 241 g/mol. The Balaban J connectivity index is 2.73. The van der Waals surface area contributed by atoms with Crippen molar-refractivity contribution < 1.29 is 10.0 Å². The van der Waals surface area contributed by atoms with Crippen LogP contribution < -0.4 is 5.73 Å². The van der Waals surface area contributed by atoms with Crippen molar-refractivity contribution in [2.75, 3.05) is 13.6 Å². The van der Waals surface area contributed by atoms with E-state index in [1.807, 2.05) is 0 Å². The smallest absolute Gasteiger partial charge is 0.236 e. The Morgan fingerprint density at radius 3 is 2.53 bits per heavy atom. The summed E-state index contributed by atoms with van der Waals surface area (Å²) >= 11 is 0. The molecule has 0 radical (unpaired) electrons. The molecule has 1 unspecified atom stereocenters. The molecule has 0 aromatic rings. The van der Waals surface area contributed by atoms with Crippen molar-refractivity contribution in [2.24, 2.45) is 22.2 Å². The third-order valence-electron chi connectivity index (χ3n) is 3.84. The van der Waals surface area contributed by atoms with Gasteiger partial charge in [-0.3, -0.25) is 4.79 Å². The highest BCUT2D eigenvalue weighted by atomic mass is 16.4. The lowest BCUT2D eigenvalue weighted by Gasteiger charge is -2.41. The molecule has 1 fully saturated rings. The number of hydrogen-bond acceptors (Lipinski definition) is 3. The maximum Gasteiger partial charge on any atom is 0.236 e. The van der Waals surface area contributed by atoms with Crippen LogP contribution >= 0.6 is 0 Å². The summed E-state index contributed by atoms with van der Waals surface area (Å²) in [7, 11) is 1.79. The maximum absolute atomic E-state index is 12.4. The number of oxime groups is 1. The van der Waals surface area contributed by atoms with Crippen LogP contribution in [0.3, 0.4) is 0 Å². The van der Waals surface area contributed by atoms with Gasteiger partial charge in [0.05, 0.1) is 0 Å². The Kier molecular flexibility index (Phi) is 4.37. The minimum absolute atomic E-state index is 0.0145. The zero-order chi connectivity index (χ0) is 13.1. The summed E-state index contributed by atoms with van der Waals surface area (Å²) in [5.41, 5.74) is 4.93. The first-order chi connectivity index (χ1) is 7.97. The third kappa shape index (κ3) is 2.53. The molecule has 1 atom stereocenters. The number of rotatable bonds is 5. The molecule has 17 heavy (non-hydrogen) atoms. The first kappa shape index (κ1) is 13.8. The Bertz CT molecular complexity index is 311. The highest BCUT2D eigenvalue weighted by Gasteiger charge is 2.49. The molecule has 0 spiro atoms. The zero-order valence-electron chi connectivity index (χ0n) is 10.9. The van der Waals surface area contributed by atoms with Crippen LogP contribution in [-0.4, -0.2) is 35.4 Å². The van der Waals surface area contributed by atoms with E-state index in [0.717, 1.165) is 19.4 Å². The van der Waals surface area contributed by atoms with Crippen molar-refractivity contribution in [3.8, 4) is 0 Å². The van der Waals surface area contributed by atoms with E-state index in [2.05, 4.69) is 19.0 Å². The molecule has 1 rings (SSSR count). The molecule has 98 valence electrons. The highest BCUT2D eigenvalue weighted by molar-refractivity contribution is 6.07. The fraction of sp³-hybridized carbons (Fsp3) is 0.833. The molecule has 5 heteroatoms. The molecule has 3 N–H and O–H groups in total. The lowest BCUT2D eigenvalue weighted by atomic mass is 9.67. The van der Waals surface area contributed by atoms with Gasteiger partial charge in [-0.15, -0.1) is 0 Å². The van der Waals surface area contributed by atoms with E-state index >= 15 is 0 Å². The Labute approximate surface area is 103 Å². The second-order valence-electron chi connectivity index (χ2n) is 5.12. The first-order valence-corrected chi connectivity index (χ1v) is 6.21. The van der Waals surface area contributed by atoms with Crippen molar-refractivity contribution in [1.82, 2.24) is 4.90 Å². The third-order valence-corrected chi connectivity index (χ3v) is 3.84. The lowest BCUT2D eigenvalue weighted by Crippen LogP contribution is -2.54. The topological polar surface area (TPSA) is 78.9 Å². The zero-order valence-corrected chi connectivity index (χ0v) is 10.9. The average Bonchev–Trinajstić information content (AvgIpc) is 2.26. The highest BCUT2D eigenvalue weighted by Crippen LogP contribution is 2.42. The number of carbonyl (C=O) groups is 1. The molecule has 1 saturated carbocycles. The molecule has 1 aliphatic carbocycles. The second-order valence-corrected chi connectivity index (χ2v) is 5.12. The molecule has 0 heterocycles. The van der Waals surface area contributed by atoms with Gasteiger partial charge in [0.15, 0.2) is 5.84 Å². The monoisotopic (exact) mass is 241 g/mol. The number of nitrogens with two attached hydrogens (primary N) is 1. The summed E-state index contributed by atoms with van der Waals surface area (Å²) < 4.78 is 0. The van der Waals surface area contributed by atoms with E-state index in [4.69, 9.17) is 10.9 Å². The number of nitrogens with zero attached hydrogens (tertiary/aromatic N) is 2. The van der Waals surface area contributed by atoms with Gasteiger partial charge in [-0.25, -0.2) is 0 Å². The van der Waals surface area contributed by atoms with Crippen LogP contribution in [-0.2, 0) is 4.79 Å². The van der Waals surface area contributed by atoms with E-state index < -0.39 is 5.41 Å². The van der Waals surface area contributed by atoms with Gasteiger partial charge in [0.2, 0.25) is 5.91 Å². The van der Waals surface area contributed by atoms with Crippen LogP contribution in [0.2, 0.25) is 0 Å². The number of hydrogen-bond donors (Lipinski definition) is 2. The molecular weight excluding hydrogens is 218 g/mol. The molecule has 0 bridgehead atoms. The molecule has 1 aliphatic rings. The summed E-state index contributed by atoms with van der Waals surface area (Å²) in [6.45, 7) is 4.93. The lowest BCUT2D eigenvalue weighted by molar-refractivity contribution is -0.141. The fourth-order valence-electron chi connectivity index (χ4n) is 2.25. The summed E-state index contributed by atoms with van der Waals surface area (Å²) in [5.74, 6) is 0.512. The van der Waals surface area contributed by atoms with Crippen LogP contribution in [0.5, 0.6) is 0 Å². The number of amides is 1. The van der Waals surface area contributed by atoms with Gasteiger partial charge in [0.1, 0.15) is 5.41 Å². The molecule has 0 saturated heterocycles. The van der Waals surface area contributed by atoms with E-state index in [0.29, 0.717) is 18.8 Å². The summed E-state index contributed by atoms with van der Waals surface area (Å²) in [6.07, 6.45) is 3.37. The molecule has 1 amide bonds. The van der Waals surface area contributed by atoms with Crippen molar-refractivity contribution in [1.29, 1.82) is 0 Å². The summed E-state index contributed by atoms with van der Waals surface area (Å²) in [5, 5.41) is 11.8. The molecule has 5 nitrogen and oxygen atoms in total. The van der Waals surface area contributed by atoms with Gasteiger partial charge in [0, 0.05) is 13.6 Å². The van der Waals surface area contributed by atoms with Gasteiger partial charge in [-0.05, 0) is 18.8 Å². The largest absolute Gasteiger partial charge is 0.409 e. The van der Waals surface area contributed by atoms with Crippen molar-refractivity contribution in [2.45, 2.75) is 39.5 Å². The minimum atomic E-state index is -0.739. The van der Waals surface area contributed by atoms with Crippen molar-refractivity contribution >= 4 is 11.7 Å². The predicted octanol–water partition coefficient (Wildman–Crippen LogP) is 1.41. The SMILES string of the molecule is CCC(C)CN(C)C(=O)C1(C(N)=NO)CCC1. The van der Waals surface area contributed by atoms with Gasteiger partial charge < -0.3 is 15.8 Å². The number of amidine groups is 1. The second kappa shape index (κ2) is 5.38. The van der Waals surface area contributed by atoms with E-state index in [-0.39, 0.29) is 11.7 Å². The minimum Gasteiger partial charge on any atom is -0.409 e. The van der Waals surface area contributed by atoms with Crippen LogP contribution in [0.25, 0.3) is 0 Å². The number of carbonyl (C=O) groups excluding carboxylic acids is 1. The van der Waals surface area contributed by atoms with Crippen molar-refractivity contribution in [3.05, 3.63) is 0 Å². The quantitative estimate of drug-likeness (QED) is 0.330. The van der Waals surface area contributed by atoms with Crippen molar-refractivity contribution in [3.63, 3.8) is 0 Å². The van der Waals surface area contributed by atoms with Gasteiger partial charge >= 0.3 is 0 Å². The Morgan fingerprint density at radius 1 is 1.59 bits per heavy atom. The van der Waals surface area contributed by atoms with Gasteiger partial charge in [-0.2, -0.15) is 0 Å². The van der Waals surface area contributed by atoms with E-state index in [1.54, 1.807) is 11.9 Å². The molecule has 0 aliphatic heterocycles. The predicted molar refractivity (Wildman–Crippen MR) is 66.8 cm³/mol. The van der Waals surface area contributed by atoms with Gasteiger partial charge in [-0.1, -0.05) is 31.8 Å². The van der Waals surface area contributed by atoms with Crippen LogP contribution in [0.1, 0.15) is 39.5 Å².